The van der Waals surface area contributed by atoms with E-state index in [1.165, 1.54) is 0 Å². The number of rotatable bonds is 3. The van der Waals surface area contributed by atoms with Crippen molar-refractivity contribution < 1.29 is 4.79 Å². The summed E-state index contributed by atoms with van der Waals surface area (Å²) < 4.78 is 0. The van der Waals surface area contributed by atoms with Gasteiger partial charge in [0.25, 0.3) is 12.5 Å². The first kappa shape index (κ1) is 11.2. The minimum absolute atomic E-state index is 0.106. The molecule has 0 aliphatic carbocycles. The maximum atomic E-state index is 11.2. The number of nitrogens with one attached hydrogen (secondary N) is 1. The molecule has 3 nitrogen and oxygen atoms in total. The summed E-state index contributed by atoms with van der Waals surface area (Å²) >= 11 is 0. The van der Waals surface area contributed by atoms with Gasteiger partial charge in [0, 0.05) is 6.54 Å². The Bertz CT molecular complexity index is 579. The van der Waals surface area contributed by atoms with E-state index in [1.54, 1.807) is 0 Å². The van der Waals surface area contributed by atoms with Crippen molar-refractivity contribution in [3.63, 3.8) is 0 Å². The Hall–Kier alpha value is -2.34. The fourth-order valence-electron chi connectivity index (χ4n) is 1.77. The van der Waals surface area contributed by atoms with Crippen molar-refractivity contribution in [2.24, 2.45) is 0 Å². The number of carbonyl (C=O) groups is 1. The molecular weight excluding hydrogens is 212 g/mol. The largest absolute Gasteiger partial charge is 0.346 e. The molecule has 2 aromatic rings. The average molecular weight is 224 g/mol. The molecule has 0 spiro atoms. The molecule has 0 aliphatic heterocycles. The minimum atomic E-state index is -0.229. The van der Waals surface area contributed by atoms with Gasteiger partial charge in [-0.1, -0.05) is 42.5 Å². The van der Waals surface area contributed by atoms with Crippen LogP contribution in [0.2, 0.25) is 0 Å². The van der Waals surface area contributed by atoms with Crippen molar-refractivity contribution in [1.29, 1.82) is 0 Å². The second-order valence-electron chi connectivity index (χ2n) is 3.73. The molecule has 17 heavy (non-hydrogen) atoms. The predicted molar refractivity (Wildman–Crippen MR) is 67.3 cm³/mol. The van der Waals surface area contributed by atoms with Gasteiger partial charge in [0.15, 0.2) is 0 Å². The highest BCUT2D eigenvalue weighted by Gasteiger charge is 2.04. The normalized spacial score (nSPS) is 9.82. The van der Waals surface area contributed by atoms with Crippen LogP contribution in [0.4, 0.5) is 0 Å². The van der Waals surface area contributed by atoms with E-state index in [0.717, 1.165) is 16.3 Å². The SMILES string of the molecule is [C-]#[N+]CC(=O)NCc1cccc2ccccc12. The fourth-order valence-corrected chi connectivity index (χ4v) is 1.77. The van der Waals surface area contributed by atoms with Gasteiger partial charge in [-0.15, -0.1) is 0 Å². The molecule has 1 N–H and O–H groups in total. The first-order valence-corrected chi connectivity index (χ1v) is 5.38. The van der Waals surface area contributed by atoms with Gasteiger partial charge in [0.2, 0.25) is 0 Å². The lowest BCUT2D eigenvalue weighted by Crippen LogP contribution is -2.24. The van der Waals surface area contributed by atoms with Crippen molar-refractivity contribution in [2.75, 3.05) is 6.54 Å². The van der Waals surface area contributed by atoms with Gasteiger partial charge in [-0.3, -0.25) is 4.79 Å². The number of carbonyl (C=O) groups excluding carboxylic acids is 1. The molecule has 3 heteroatoms. The zero-order valence-corrected chi connectivity index (χ0v) is 9.31. The molecule has 0 fully saturated rings. The van der Waals surface area contributed by atoms with Crippen molar-refractivity contribution >= 4 is 16.7 Å². The second kappa shape index (κ2) is 5.13. The van der Waals surface area contributed by atoms with Crippen molar-refractivity contribution in [3.8, 4) is 0 Å². The third-order valence-corrected chi connectivity index (χ3v) is 2.58. The molecule has 0 bridgehead atoms. The maximum Gasteiger partial charge on any atom is 0.300 e. The molecule has 2 rings (SSSR count). The van der Waals surface area contributed by atoms with Crippen molar-refractivity contribution in [2.45, 2.75) is 6.54 Å². The summed E-state index contributed by atoms with van der Waals surface area (Å²) in [6.45, 7) is 6.97. The molecule has 0 radical (unpaired) electrons. The zero-order chi connectivity index (χ0) is 12.1. The van der Waals surface area contributed by atoms with E-state index in [2.05, 4.69) is 10.2 Å². The summed E-state index contributed by atoms with van der Waals surface area (Å²) in [5, 5.41) is 5.03. The molecule has 2 aromatic carbocycles. The third kappa shape index (κ3) is 2.61. The molecule has 0 saturated carbocycles. The highest BCUT2D eigenvalue weighted by atomic mass is 16.1. The summed E-state index contributed by atoms with van der Waals surface area (Å²) in [7, 11) is 0. The predicted octanol–water partition coefficient (Wildman–Crippen LogP) is 2.38. The van der Waals surface area contributed by atoms with Gasteiger partial charge < -0.3 is 10.2 Å². The lowest BCUT2D eigenvalue weighted by molar-refractivity contribution is -0.119. The highest BCUT2D eigenvalue weighted by molar-refractivity contribution is 5.86. The third-order valence-electron chi connectivity index (χ3n) is 2.58. The Morgan fingerprint density at radius 3 is 2.76 bits per heavy atom. The standard InChI is InChI=1S/C14H12N2O/c1-15-10-14(17)16-9-12-7-4-6-11-5-2-3-8-13(11)12/h2-8H,9-10H2,(H,16,17). The van der Waals surface area contributed by atoms with E-state index in [-0.39, 0.29) is 12.5 Å². The van der Waals surface area contributed by atoms with E-state index in [4.69, 9.17) is 6.57 Å². The van der Waals surface area contributed by atoms with Crippen LogP contribution in [0, 0.1) is 6.57 Å². The Balaban J connectivity index is 2.19. The van der Waals surface area contributed by atoms with Crippen LogP contribution >= 0.6 is 0 Å². The highest BCUT2D eigenvalue weighted by Crippen LogP contribution is 2.17. The first-order chi connectivity index (χ1) is 8.31. The van der Waals surface area contributed by atoms with Crippen LogP contribution in [0.3, 0.4) is 0 Å². The van der Waals surface area contributed by atoms with E-state index >= 15 is 0 Å². The molecule has 0 unspecified atom stereocenters. The fraction of sp³-hybridized carbons (Fsp3) is 0.143. The van der Waals surface area contributed by atoms with Gasteiger partial charge in [-0.2, -0.15) is 0 Å². The minimum Gasteiger partial charge on any atom is -0.346 e. The summed E-state index contributed by atoms with van der Waals surface area (Å²) in [6.07, 6.45) is 0. The molecule has 0 aliphatic rings. The topological polar surface area (TPSA) is 33.5 Å². The quantitative estimate of drug-likeness (QED) is 0.798. The molecule has 0 saturated heterocycles. The van der Waals surface area contributed by atoms with Gasteiger partial charge in [0.05, 0.1) is 0 Å². The number of fused-ring (bicyclic) bond motifs is 1. The lowest BCUT2D eigenvalue weighted by Gasteiger charge is -2.06. The van der Waals surface area contributed by atoms with Gasteiger partial charge in [-0.05, 0) is 16.3 Å². The van der Waals surface area contributed by atoms with Crippen LogP contribution in [0.1, 0.15) is 5.56 Å². The van der Waals surface area contributed by atoms with Gasteiger partial charge >= 0.3 is 0 Å². The molecule has 84 valence electrons. The van der Waals surface area contributed by atoms with Crippen molar-refractivity contribution in [3.05, 3.63) is 59.4 Å². The average Bonchev–Trinajstić information content (AvgIpc) is 2.36. The molecule has 0 aromatic heterocycles. The van der Waals surface area contributed by atoms with Crippen LogP contribution in [-0.2, 0) is 11.3 Å². The number of hydrogen-bond acceptors (Lipinski definition) is 1. The number of nitrogens with zero attached hydrogens (tertiary/aromatic N) is 1. The van der Waals surface area contributed by atoms with Crippen LogP contribution in [0.15, 0.2) is 42.5 Å². The smallest absolute Gasteiger partial charge is 0.300 e. The van der Waals surface area contributed by atoms with E-state index in [1.807, 2.05) is 42.5 Å². The Morgan fingerprint density at radius 2 is 1.94 bits per heavy atom. The van der Waals surface area contributed by atoms with Gasteiger partial charge in [0.1, 0.15) is 0 Å². The number of benzene rings is 2. The molecule has 0 heterocycles. The summed E-state index contributed by atoms with van der Waals surface area (Å²) in [5.74, 6) is -0.229. The van der Waals surface area contributed by atoms with Crippen LogP contribution in [0.25, 0.3) is 15.6 Å². The van der Waals surface area contributed by atoms with Crippen LogP contribution in [0.5, 0.6) is 0 Å². The number of hydrogen-bond donors (Lipinski definition) is 1. The zero-order valence-electron chi connectivity index (χ0n) is 9.31. The maximum absolute atomic E-state index is 11.2. The lowest BCUT2D eigenvalue weighted by atomic mass is 10.0. The Labute approximate surface area is 99.9 Å². The first-order valence-electron chi connectivity index (χ1n) is 5.38. The Kier molecular flexibility index (Phi) is 3.37. The molecule has 1 amide bonds. The van der Waals surface area contributed by atoms with Crippen molar-refractivity contribution in [1.82, 2.24) is 5.32 Å². The summed E-state index contributed by atoms with van der Waals surface area (Å²) in [4.78, 5) is 14.3. The van der Waals surface area contributed by atoms with E-state index in [0.29, 0.717) is 6.54 Å². The molecule has 0 atom stereocenters. The van der Waals surface area contributed by atoms with E-state index in [9.17, 15) is 4.79 Å². The Morgan fingerprint density at radius 1 is 1.18 bits per heavy atom. The summed E-state index contributed by atoms with van der Waals surface area (Å²) in [5.41, 5.74) is 1.07. The monoisotopic (exact) mass is 224 g/mol. The number of amides is 1. The summed E-state index contributed by atoms with van der Waals surface area (Å²) in [6, 6.07) is 14.0. The van der Waals surface area contributed by atoms with Crippen LogP contribution in [-0.4, -0.2) is 12.5 Å². The van der Waals surface area contributed by atoms with Crippen LogP contribution < -0.4 is 5.32 Å². The van der Waals surface area contributed by atoms with Gasteiger partial charge in [-0.25, -0.2) is 6.57 Å². The molecular formula is C14H12N2O. The second-order valence-corrected chi connectivity index (χ2v) is 3.73. The van der Waals surface area contributed by atoms with E-state index < -0.39 is 0 Å².